The van der Waals surface area contributed by atoms with E-state index in [1.807, 2.05) is 13.8 Å². The molecule has 0 heterocycles. The van der Waals surface area contributed by atoms with Crippen LogP contribution in [-0.2, 0) is 6.18 Å². The minimum absolute atomic E-state index is 0.119. The minimum atomic E-state index is -4.48. The smallest absolute Gasteiger partial charge is 0.416 e. The van der Waals surface area contributed by atoms with Gasteiger partial charge in [-0.15, -0.1) is 0 Å². The third-order valence-electron chi connectivity index (χ3n) is 1.83. The fourth-order valence-corrected chi connectivity index (χ4v) is 1.05. The molecule has 0 spiro atoms. The summed E-state index contributed by atoms with van der Waals surface area (Å²) < 4.78 is 55.0. The molecule has 1 nitrogen and oxygen atoms in total. The number of hydrogen-bond donors (Lipinski definition) is 0. The lowest BCUT2D eigenvalue weighted by molar-refractivity contribution is -0.137. The Kier molecular flexibility index (Phi) is 3.78. The Morgan fingerprint density at radius 2 is 1.88 bits per heavy atom. The first-order chi connectivity index (χ1) is 7.30. The predicted octanol–water partition coefficient (Wildman–Crippen LogP) is 3.88. The number of alkyl halides is 3. The van der Waals surface area contributed by atoms with Crippen molar-refractivity contribution < 1.29 is 22.3 Å². The van der Waals surface area contributed by atoms with E-state index in [-0.39, 0.29) is 18.3 Å². The highest BCUT2D eigenvalue weighted by Crippen LogP contribution is 2.32. The molecule has 0 atom stereocenters. The molecule has 1 aromatic rings. The molecule has 0 aromatic heterocycles. The molecule has 90 valence electrons. The second-order valence-corrected chi connectivity index (χ2v) is 3.85. The van der Waals surface area contributed by atoms with Gasteiger partial charge in [-0.05, 0) is 24.1 Å². The van der Waals surface area contributed by atoms with Crippen molar-refractivity contribution in [2.24, 2.45) is 5.92 Å². The van der Waals surface area contributed by atoms with Gasteiger partial charge < -0.3 is 4.74 Å². The maximum atomic E-state index is 13.1. The van der Waals surface area contributed by atoms with E-state index < -0.39 is 17.6 Å². The Balaban J connectivity index is 2.91. The zero-order valence-corrected chi connectivity index (χ0v) is 8.94. The summed E-state index contributed by atoms with van der Waals surface area (Å²) in [6.07, 6.45) is -4.48. The van der Waals surface area contributed by atoms with Crippen molar-refractivity contribution in [3.63, 3.8) is 0 Å². The van der Waals surface area contributed by atoms with Gasteiger partial charge in [0.1, 0.15) is 0 Å². The van der Waals surface area contributed by atoms with Crippen molar-refractivity contribution in [3.05, 3.63) is 29.6 Å². The van der Waals surface area contributed by atoms with Gasteiger partial charge in [0.2, 0.25) is 0 Å². The van der Waals surface area contributed by atoms with Gasteiger partial charge >= 0.3 is 6.18 Å². The first kappa shape index (κ1) is 12.8. The lowest BCUT2D eigenvalue weighted by Crippen LogP contribution is -2.09. The van der Waals surface area contributed by atoms with Crippen molar-refractivity contribution in [2.75, 3.05) is 6.61 Å². The number of hydrogen-bond acceptors (Lipinski definition) is 1. The number of rotatable bonds is 3. The number of benzene rings is 1. The zero-order chi connectivity index (χ0) is 12.3. The Morgan fingerprint density at radius 3 is 2.38 bits per heavy atom. The number of ether oxygens (including phenoxy) is 1. The van der Waals surface area contributed by atoms with E-state index in [4.69, 9.17) is 4.74 Å². The van der Waals surface area contributed by atoms with Gasteiger partial charge in [-0.3, -0.25) is 0 Å². The Hall–Kier alpha value is -1.26. The van der Waals surface area contributed by atoms with E-state index in [9.17, 15) is 17.6 Å². The minimum Gasteiger partial charge on any atom is -0.490 e. The molecule has 0 aliphatic heterocycles. The maximum Gasteiger partial charge on any atom is 0.416 e. The van der Waals surface area contributed by atoms with Gasteiger partial charge in [0.05, 0.1) is 12.2 Å². The molecule has 0 unspecified atom stereocenters. The van der Waals surface area contributed by atoms with Gasteiger partial charge in [-0.25, -0.2) is 4.39 Å². The van der Waals surface area contributed by atoms with E-state index in [1.54, 1.807) is 0 Å². The summed E-state index contributed by atoms with van der Waals surface area (Å²) in [7, 11) is 0. The van der Waals surface area contributed by atoms with Gasteiger partial charge in [0.25, 0.3) is 0 Å². The number of halogens is 4. The fraction of sp³-hybridized carbons (Fsp3) is 0.455. The van der Waals surface area contributed by atoms with Gasteiger partial charge in [0.15, 0.2) is 11.6 Å². The van der Waals surface area contributed by atoms with Crippen LogP contribution in [0.15, 0.2) is 18.2 Å². The van der Waals surface area contributed by atoms with Crippen molar-refractivity contribution in [1.29, 1.82) is 0 Å². The molecule has 0 saturated heterocycles. The highest BCUT2D eigenvalue weighted by molar-refractivity contribution is 5.31. The molecule has 0 aliphatic rings. The van der Waals surface area contributed by atoms with Crippen LogP contribution >= 0.6 is 0 Å². The second kappa shape index (κ2) is 4.72. The van der Waals surface area contributed by atoms with Crippen molar-refractivity contribution in [2.45, 2.75) is 20.0 Å². The van der Waals surface area contributed by atoms with Crippen LogP contribution in [0, 0.1) is 11.7 Å². The molecule has 0 radical (unpaired) electrons. The standard InChI is InChI=1S/C11H12F4O/c1-7(2)6-16-10-5-8(11(13,14)15)3-4-9(10)12/h3-5,7H,6H2,1-2H3. The normalized spacial score (nSPS) is 11.9. The molecule has 0 bridgehead atoms. The van der Waals surface area contributed by atoms with E-state index in [0.29, 0.717) is 12.1 Å². The monoisotopic (exact) mass is 236 g/mol. The second-order valence-electron chi connectivity index (χ2n) is 3.85. The topological polar surface area (TPSA) is 9.23 Å². The average Bonchev–Trinajstić information content (AvgIpc) is 2.14. The zero-order valence-electron chi connectivity index (χ0n) is 8.94. The van der Waals surface area contributed by atoms with Crippen LogP contribution in [0.25, 0.3) is 0 Å². The first-order valence-electron chi connectivity index (χ1n) is 4.80. The molecule has 0 saturated carbocycles. The van der Waals surface area contributed by atoms with Crippen LogP contribution in [-0.4, -0.2) is 6.61 Å². The lowest BCUT2D eigenvalue weighted by atomic mass is 10.2. The highest BCUT2D eigenvalue weighted by atomic mass is 19.4. The summed E-state index contributed by atoms with van der Waals surface area (Å²) in [6, 6.07) is 2.13. The summed E-state index contributed by atoms with van der Waals surface area (Å²) in [5, 5.41) is 0. The first-order valence-corrected chi connectivity index (χ1v) is 4.80. The summed E-state index contributed by atoms with van der Waals surface area (Å²) in [5.41, 5.74) is -0.910. The van der Waals surface area contributed by atoms with E-state index >= 15 is 0 Å². The maximum absolute atomic E-state index is 13.1. The molecular formula is C11H12F4O. The van der Waals surface area contributed by atoms with Crippen molar-refractivity contribution in [1.82, 2.24) is 0 Å². The Morgan fingerprint density at radius 1 is 1.25 bits per heavy atom. The van der Waals surface area contributed by atoms with Gasteiger partial charge in [0, 0.05) is 0 Å². The van der Waals surface area contributed by atoms with E-state index in [2.05, 4.69) is 0 Å². The Labute approximate surface area is 91.0 Å². The van der Waals surface area contributed by atoms with Crippen LogP contribution < -0.4 is 4.74 Å². The fourth-order valence-electron chi connectivity index (χ4n) is 1.05. The largest absolute Gasteiger partial charge is 0.490 e. The van der Waals surface area contributed by atoms with Gasteiger partial charge in [-0.1, -0.05) is 13.8 Å². The highest BCUT2D eigenvalue weighted by Gasteiger charge is 2.31. The molecular weight excluding hydrogens is 224 g/mol. The van der Waals surface area contributed by atoms with Gasteiger partial charge in [-0.2, -0.15) is 13.2 Å². The summed E-state index contributed by atoms with van der Waals surface area (Å²) in [6.45, 7) is 3.83. The van der Waals surface area contributed by atoms with Crippen LogP contribution in [0.2, 0.25) is 0 Å². The predicted molar refractivity (Wildman–Crippen MR) is 51.7 cm³/mol. The quantitative estimate of drug-likeness (QED) is 0.723. The molecule has 0 N–H and O–H groups in total. The van der Waals surface area contributed by atoms with Crippen LogP contribution in [0.5, 0.6) is 5.75 Å². The average molecular weight is 236 g/mol. The van der Waals surface area contributed by atoms with Crippen LogP contribution in [0.1, 0.15) is 19.4 Å². The summed E-state index contributed by atoms with van der Waals surface area (Å²) in [5.74, 6) is -1.02. The molecule has 0 fully saturated rings. The third-order valence-corrected chi connectivity index (χ3v) is 1.83. The van der Waals surface area contributed by atoms with E-state index in [0.717, 1.165) is 6.07 Å². The SMILES string of the molecule is CC(C)COc1cc(C(F)(F)F)ccc1F. The molecule has 0 aliphatic carbocycles. The van der Waals surface area contributed by atoms with Crippen LogP contribution in [0.4, 0.5) is 17.6 Å². The van der Waals surface area contributed by atoms with Crippen molar-refractivity contribution in [3.8, 4) is 5.75 Å². The molecule has 0 amide bonds. The third kappa shape index (κ3) is 3.40. The van der Waals surface area contributed by atoms with Crippen molar-refractivity contribution >= 4 is 0 Å². The molecule has 5 heteroatoms. The van der Waals surface area contributed by atoms with Crippen LogP contribution in [0.3, 0.4) is 0 Å². The lowest BCUT2D eigenvalue weighted by Gasteiger charge is -2.12. The molecule has 1 aromatic carbocycles. The molecule has 16 heavy (non-hydrogen) atoms. The Bertz CT molecular complexity index is 357. The molecule has 1 rings (SSSR count). The summed E-state index contributed by atoms with van der Waals surface area (Å²) >= 11 is 0. The summed E-state index contributed by atoms with van der Waals surface area (Å²) in [4.78, 5) is 0. The van der Waals surface area contributed by atoms with E-state index in [1.165, 1.54) is 0 Å².